The van der Waals surface area contributed by atoms with Crippen LogP contribution in [0.2, 0.25) is 0 Å². The molecule has 9 nitrogen and oxygen atoms in total. The zero-order valence-corrected chi connectivity index (χ0v) is 18.6. The number of fused-ring (bicyclic) bond motifs is 1. The average Bonchev–Trinajstić information content (AvgIpc) is 3.26. The number of nitrogens with zero attached hydrogens (tertiary/aromatic N) is 5. The molecule has 0 radical (unpaired) electrons. The first kappa shape index (κ1) is 23.5. The van der Waals surface area contributed by atoms with Crippen molar-refractivity contribution in [1.29, 1.82) is 0 Å². The van der Waals surface area contributed by atoms with Gasteiger partial charge in [0, 0.05) is 24.2 Å². The molecular formula is C22H23F3N6O3. The summed E-state index contributed by atoms with van der Waals surface area (Å²) < 4.78 is 43.9. The number of aromatic nitrogens is 4. The third-order valence-corrected chi connectivity index (χ3v) is 5.41. The van der Waals surface area contributed by atoms with Gasteiger partial charge in [-0.05, 0) is 57.6 Å². The minimum absolute atomic E-state index is 0.210. The van der Waals surface area contributed by atoms with Gasteiger partial charge in [-0.2, -0.15) is 4.68 Å². The summed E-state index contributed by atoms with van der Waals surface area (Å²) in [4.78, 5) is 32.0. The predicted octanol–water partition coefficient (Wildman–Crippen LogP) is 2.48. The molecule has 0 unspecified atom stereocenters. The van der Waals surface area contributed by atoms with Crippen molar-refractivity contribution in [3.05, 3.63) is 68.6 Å². The molecule has 4 rings (SSSR count). The second-order valence-electron chi connectivity index (χ2n) is 8.15. The molecule has 0 bridgehead atoms. The van der Waals surface area contributed by atoms with Gasteiger partial charge in [0.05, 0.1) is 18.2 Å². The number of halogens is 3. The summed E-state index contributed by atoms with van der Waals surface area (Å²) in [6.07, 6.45) is -0.0423. The van der Waals surface area contributed by atoms with E-state index in [9.17, 15) is 22.8 Å². The first-order valence-corrected chi connectivity index (χ1v) is 10.6. The Bertz CT molecular complexity index is 1300. The first-order chi connectivity index (χ1) is 16.1. The molecule has 3 aromatic rings. The molecule has 0 saturated carbocycles. The zero-order valence-electron chi connectivity index (χ0n) is 18.6. The van der Waals surface area contributed by atoms with Crippen LogP contribution in [0, 0.1) is 0 Å². The Morgan fingerprint density at radius 1 is 1.09 bits per heavy atom. The van der Waals surface area contributed by atoms with E-state index in [4.69, 9.17) is 0 Å². The number of rotatable bonds is 7. The Balaban J connectivity index is 1.70. The number of likely N-dealkylation sites (N-methyl/N-ethyl adjacent to an activating group) is 1. The topological polar surface area (TPSA) is 94.3 Å². The number of hydrogen-bond donors (Lipinski definition) is 1. The summed E-state index contributed by atoms with van der Waals surface area (Å²) in [5.74, 6) is -0.0654. The molecule has 1 aliphatic carbocycles. The third kappa shape index (κ3) is 5.11. The third-order valence-electron chi connectivity index (χ3n) is 5.41. The summed E-state index contributed by atoms with van der Waals surface area (Å²) in [5.41, 5.74) is 1.13. The van der Waals surface area contributed by atoms with Crippen molar-refractivity contribution in [3.8, 4) is 11.4 Å². The largest absolute Gasteiger partial charge is 0.573 e. The molecule has 0 saturated heterocycles. The van der Waals surface area contributed by atoms with Gasteiger partial charge in [0.25, 0.3) is 11.1 Å². The van der Waals surface area contributed by atoms with E-state index in [0.717, 1.165) is 28.8 Å². The van der Waals surface area contributed by atoms with Gasteiger partial charge in [0.2, 0.25) is 0 Å². The second-order valence-corrected chi connectivity index (χ2v) is 8.15. The lowest BCUT2D eigenvalue weighted by molar-refractivity contribution is -0.274. The Kier molecular flexibility index (Phi) is 6.42. The van der Waals surface area contributed by atoms with Crippen LogP contribution >= 0.6 is 0 Å². The molecule has 0 amide bonds. The minimum atomic E-state index is -4.82. The van der Waals surface area contributed by atoms with Crippen molar-refractivity contribution in [2.45, 2.75) is 32.2 Å². The van der Waals surface area contributed by atoms with Crippen LogP contribution in [0.5, 0.6) is 5.75 Å². The highest BCUT2D eigenvalue weighted by Crippen LogP contribution is 2.28. The number of ether oxygens (including phenoxy) is 1. The summed E-state index contributed by atoms with van der Waals surface area (Å²) in [6, 6.07) is 4.86. The first-order valence-electron chi connectivity index (χ1n) is 10.6. The van der Waals surface area contributed by atoms with Gasteiger partial charge >= 0.3 is 6.36 Å². The highest BCUT2D eigenvalue weighted by atomic mass is 19.4. The zero-order chi connectivity index (χ0) is 24.5. The van der Waals surface area contributed by atoms with Gasteiger partial charge in [0.15, 0.2) is 5.82 Å². The maximum absolute atomic E-state index is 13.0. The fraction of sp³-hybridized carbons (Fsp3) is 0.364. The van der Waals surface area contributed by atoms with Crippen molar-refractivity contribution >= 4 is 11.5 Å². The molecule has 34 heavy (non-hydrogen) atoms. The Labute approximate surface area is 192 Å². The van der Waals surface area contributed by atoms with Gasteiger partial charge in [-0.15, -0.1) is 18.3 Å². The maximum Gasteiger partial charge on any atom is 0.573 e. The van der Waals surface area contributed by atoms with Crippen molar-refractivity contribution in [3.63, 3.8) is 0 Å². The van der Waals surface area contributed by atoms with E-state index >= 15 is 0 Å². The second kappa shape index (κ2) is 9.29. The molecule has 1 aromatic carbocycles. The molecule has 2 aromatic heterocycles. The number of alkyl halides is 3. The molecule has 1 aliphatic rings. The molecule has 180 valence electrons. The van der Waals surface area contributed by atoms with Crippen molar-refractivity contribution in [1.82, 2.24) is 24.2 Å². The van der Waals surface area contributed by atoms with E-state index in [0.29, 0.717) is 37.3 Å². The monoisotopic (exact) mass is 476 g/mol. The lowest BCUT2D eigenvalue weighted by atomic mass is 10.2. The summed E-state index contributed by atoms with van der Waals surface area (Å²) >= 11 is 0. The van der Waals surface area contributed by atoms with Crippen molar-refractivity contribution < 1.29 is 17.9 Å². The highest BCUT2D eigenvalue weighted by molar-refractivity contribution is 5.60. The van der Waals surface area contributed by atoms with Crippen LogP contribution < -0.4 is 21.2 Å². The van der Waals surface area contributed by atoms with Crippen LogP contribution in [0.15, 0.2) is 46.4 Å². The quantitative estimate of drug-likeness (QED) is 0.560. The minimum Gasteiger partial charge on any atom is -0.406 e. The molecule has 12 heteroatoms. The fourth-order valence-corrected chi connectivity index (χ4v) is 3.77. The van der Waals surface area contributed by atoms with Crippen LogP contribution in [0.4, 0.5) is 24.7 Å². The Morgan fingerprint density at radius 3 is 2.47 bits per heavy atom. The van der Waals surface area contributed by atoms with Crippen molar-refractivity contribution in [2.24, 2.45) is 0 Å². The fourth-order valence-electron chi connectivity index (χ4n) is 3.77. The number of anilines is 2. The lowest BCUT2D eigenvalue weighted by Gasteiger charge is -2.15. The summed E-state index contributed by atoms with van der Waals surface area (Å²) in [5, 5.41) is 7.43. The van der Waals surface area contributed by atoms with E-state index in [2.05, 4.69) is 20.1 Å². The molecule has 2 heterocycles. The number of benzene rings is 1. The van der Waals surface area contributed by atoms with Crippen LogP contribution in [0.1, 0.15) is 17.5 Å². The molecular weight excluding hydrogens is 453 g/mol. The van der Waals surface area contributed by atoms with Crippen LogP contribution in [-0.4, -0.2) is 51.2 Å². The van der Waals surface area contributed by atoms with Crippen LogP contribution in [-0.2, 0) is 19.4 Å². The molecule has 0 spiro atoms. The maximum atomic E-state index is 13.0. The smallest absolute Gasteiger partial charge is 0.406 e. The summed E-state index contributed by atoms with van der Waals surface area (Å²) in [6.45, 7) is 1.10. The van der Waals surface area contributed by atoms with Crippen LogP contribution in [0.3, 0.4) is 0 Å². The SMILES string of the molecule is CN(C)CCn1cncc(Nc2nn(-c3ccc(OC(F)(F)F)cc3)c(=O)c3c2CCC3)c1=O. The summed E-state index contributed by atoms with van der Waals surface area (Å²) in [7, 11) is 3.80. The van der Waals surface area contributed by atoms with E-state index in [1.54, 1.807) is 0 Å². The average molecular weight is 476 g/mol. The number of nitrogens with one attached hydrogen (secondary N) is 1. The van der Waals surface area contributed by atoms with Crippen LogP contribution in [0.25, 0.3) is 5.69 Å². The normalized spacial score (nSPS) is 13.2. The van der Waals surface area contributed by atoms with E-state index in [-0.39, 0.29) is 22.5 Å². The van der Waals surface area contributed by atoms with E-state index in [1.807, 2.05) is 19.0 Å². The standard InChI is InChI=1S/C22H23F3N6O3/c1-29(2)10-11-30-13-26-12-18(21(30)33)27-19-16-4-3-5-17(16)20(32)31(28-19)14-6-8-15(9-7-14)34-22(23,24)25/h6-9,12-13H,3-5,10-11H2,1-2H3,(H,27,28). The number of hydrogen-bond acceptors (Lipinski definition) is 7. The highest BCUT2D eigenvalue weighted by Gasteiger charge is 2.31. The molecule has 0 atom stereocenters. The van der Waals surface area contributed by atoms with Gasteiger partial charge in [-0.25, -0.2) is 4.98 Å². The van der Waals surface area contributed by atoms with Gasteiger partial charge in [-0.1, -0.05) is 0 Å². The Hall–Kier alpha value is -3.67. The van der Waals surface area contributed by atoms with E-state index < -0.39 is 12.1 Å². The van der Waals surface area contributed by atoms with E-state index in [1.165, 1.54) is 29.2 Å². The van der Waals surface area contributed by atoms with Gasteiger partial charge in [0.1, 0.15) is 11.4 Å². The predicted molar refractivity (Wildman–Crippen MR) is 119 cm³/mol. The van der Waals surface area contributed by atoms with Crippen molar-refractivity contribution in [2.75, 3.05) is 26.0 Å². The lowest BCUT2D eigenvalue weighted by Crippen LogP contribution is -2.29. The van der Waals surface area contributed by atoms with Gasteiger partial charge < -0.3 is 15.0 Å². The molecule has 0 aliphatic heterocycles. The Morgan fingerprint density at radius 2 is 1.79 bits per heavy atom. The van der Waals surface area contributed by atoms with Gasteiger partial charge in [-0.3, -0.25) is 14.2 Å². The molecule has 1 N–H and O–H groups in total. The molecule has 0 fully saturated rings.